The summed E-state index contributed by atoms with van der Waals surface area (Å²) in [6, 6.07) is 0. The second-order valence-corrected chi connectivity index (χ2v) is 6.62. The molecule has 1 amide bonds. The molecular formula is C13H21NO3S. The number of piperidine rings is 1. The van der Waals surface area contributed by atoms with Gasteiger partial charge in [0.2, 0.25) is 5.91 Å². The first-order valence-electron chi connectivity index (χ1n) is 6.79. The molecule has 0 aromatic heterocycles. The maximum atomic E-state index is 12.2. The second kappa shape index (κ2) is 6.45. The monoisotopic (exact) mass is 271 g/mol. The molecule has 2 unspecified atom stereocenters. The summed E-state index contributed by atoms with van der Waals surface area (Å²) in [5.41, 5.74) is 0. The van der Waals surface area contributed by atoms with E-state index in [-0.39, 0.29) is 11.8 Å². The van der Waals surface area contributed by atoms with E-state index in [2.05, 4.69) is 0 Å². The summed E-state index contributed by atoms with van der Waals surface area (Å²) >= 11 is 1.90. The predicted molar refractivity (Wildman–Crippen MR) is 71.7 cm³/mol. The van der Waals surface area contributed by atoms with Gasteiger partial charge in [0.25, 0.3) is 0 Å². The zero-order valence-electron chi connectivity index (χ0n) is 10.6. The van der Waals surface area contributed by atoms with Crippen LogP contribution in [-0.4, -0.2) is 46.0 Å². The summed E-state index contributed by atoms with van der Waals surface area (Å²) in [7, 11) is 0. The van der Waals surface area contributed by atoms with Crippen LogP contribution in [0.1, 0.15) is 38.5 Å². The highest BCUT2D eigenvalue weighted by Gasteiger charge is 2.29. The standard InChI is InChI=1S/C13H21NO3S/c15-12(8-11-5-1-2-7-18-11)14-6-3-4-10(9-14)13(16)17/h10-11H,1-9H2,(H,16,17). The van der Waals surface area contributed by atoms with Crippen LogP contribution in [0.4, 0.5) is 0 Å². The molecule has 0 bridgehead atoms. The molecule has 0 spiro atoms. The molecule has 2 fully saturated rings. The number of thioether (sulfide) groups is 1. The van der Waals surface area contributed by atoms with Crippen LogP contribution >= 0.6 is 11.8 Å². The topological polar surface area (TPSA) is 57.6 Å². The number of carboxylic acid groups (broad SMARTS) is 1. The van der Waals surface area contributed by atoms with Gasteiger partial charge in [-0.3, -0.25) is 9.59 Å². The first-order chi connectivity index (χ1) is 8.66. The van der Waals surface area contributed by atoms with Crippen LogP contribution in [0, 0.1) is 5.92 Å². The van der Waals surface area contributed by atoms with Crippen molar-refractivity contribution in [2.45, 2.75) is 43.8 Å². The summed E-state index contributed by atoms with van der Waals surface area (Å²) in [6.45, 7) is 1.14. The van der Waals surface area contributed by atoms with Crippen LogP contribution in [0.25, 0.3) is 0 Å². The van der Waals surface area contributed by atoms with E-state index in [9.17, 15) is 9.59 Å². The van der Waals surface area contributed by atoms with Gasteiger partial charge in [-0.2, -0.15) is 11.8 Å². The molecule has 2 atom stereocenters. The Kier molecular flexibility index (Phi) is 4.92. The number of carboxylic acids is 1. The number of aliphatic carboxylic acids is 1. The van der Waals surface area contributed by atoms with Gasteiger partial charge in [-0.1, -0.05) is 6.42 Å². The van der Waals surface area contributed by atoms with Crippen LogP contribution in [-0.2, 0) is 9.59 Å². The molecule has 18 heavy (non-hydrogen) atoms. The molecule has 2 heterocycles. The van der Waals surface area contributed by atoms with E-state index in [4.69, 9.17) is 5.11 Å². The number of carbonyl (C=O) groups excluding carboxylic acids is 1. The number of amides is 1. The van der Waals surface area contributed by atoms with Gasteiger partial charge in [0.05, 0.1) is 5.92 Å². The van der Waals surface area contributed by atoms with E-state index in [1.165, 1.54) is 12.8 Å². The minimum Gasteiger partial charge on any atom is -0.481 e. The molecule has 2 aliphatic rings. The van der Waals surface area contributed by atoms with Gasteiger partial charge in [-0.25, -0.2) is 0 Å². The molecule has 0 saturated carbocycles. The molecule has 2 aliphatic heterocycles. The fourth-order valence-electron chi connectivity index (χ4n) is 2.70. The van der Waals surface area contributed by atoms with Gasteiger partial charge in [0.1, 0.15) is 0 Å². The highest BCUT2D eigenvalue weighted by Crippen LogP contribution is 2.28. The molecule has 0 radical (unpaired) electrons. The Morgan fingerprint density at radius 3 is 2.72 bits per heavy atom. The number of likely N-dealkylation sites (tertiary alicyclic amines) is 1. The molecule has 2 rings (SSSR count). The van der Waals surface area contributed by atoms with Crippen molar-refractivity contribution in [2.75, 3.05) is 18.8 Å². The van der Waals surface area contributed by atoms with E-state index in [1.807, 2.05) is 11.8 Å². The van der Waals surface area contributed by atoms with Gasteiger partial charge >= 0.3 is 5.97 Å². The highest BCUT2D eigenvalue weighted by atomic mass is 32.2. The lowest BCUT2D eigenvalue weighted by molar-refractivity contribution is -0.145. The smallest absolute Gasteiger partial charge is 0.308 e. The van der Waals surface area contributed by atoms with Crippen LogP contribution < -0.4 is 0 Å². The summed E-state index contributed by atoms with van der Waals surface area (Å²) < 4.78 is 0. The Morgan fingerprint density at radius 2 is 2.06 bits per heavy atom. The number of rotatable bonds is 3. The van der Waals surface area contributed by atoms with Gasteiger partial charge in [-0.05, 0) is 31.4 Å². The maximum absolute atomic E-state index is 12.2. The number of carbonyl (C=O) groups is 2. The van der Waals surface area contributed by atoms with Gasteiger partial charge < -0.3 is 10.0 Å². The summed E-state index contributed by atoms with van der Waals surface area (Å²) in [4.78, 5) is 24.9. The highest BCUT2D eigenvalue weighted by molar-refractivity contribution is 7.99. The fourth-order valence-corrected chi connectivity index (χ4v) is 4.00. The SMILES string of the molecule is O=C(O)C1CCCN(C(=O)CC2CCCCS2)C1. The third kappa shape index (κ3) is 3.64. The summed E-state index contributed by atoms with van der Waals surface area (Å²) in [5.74, 6) is 0.192. The third-order valence-corrected chi connectivity index (χ3v) is 5.20. The van der Waals surface area contributed by atoms with Crippen LogP contribution in [0.15, 0.2) is 0 Å². The molecule has 102 valence electrons. The predicted octanol–water partition coefficient (Wildman–Crippen LogP) is 1.99. The van der Waals surface area contributed by atoms with Gasteiger partial charge in [0.15, 0.2) is 0 Å². The normalized spacial score (nSPS) is 29.0. The molecule has 1 N–H and O–H groups in total. The zero-order chi connectivity index (χ0) is 13.0. The quantitative estimate of drug-likeness (QED) is 0.853. The first-order valence-corrected chi connectivity index (χ1v) is 7.84. The Hall–Kier alpha value is -0.710. The van der Waals surface area contributed by atoms with Crippen molar-refractivity contribution in [2.24, 2.45) is 5.92 Å². The third-order valence-electron chi connectivity index (χ3n) is 3.80. The molecule has 5 heteroatoms. The summed E-state index contributed by atoms with van der Waals surface area (Å²) in [5, 5.41) is 9.47. The van der Waals surface area contributed by atoms with Crippen molar-refractivity contribution in [1.82, 2.24) is 4.90 Å². The lowest BCUT2D eigenvalue weighted by atomic mass is 9.98. The number of nitrogens with zero attached hydrogens (tertiary/aromatic N) is 1. The van der Waals surface area contributed by atoms with Crippen molar-refractivity contribution in [3.8, 4) is 0 Å². The average Bonchev–Trinajstić information content (AvgIpc) is 2.40. The average molecular weight is 271 g/mol. The largest absolute Gasteiger partial charge is 0.481 e. The van der Waals surface area contributed by atoms with Gasteiger partial charge in [-0.15, -0.1) is 0 Å². The summed E-state index contributed by atoms with van der Waals surface area (Å²) in [6.07, 6.45) is 5.74. The minimum atomic E-state index is -0.764. The van der Waals surface area contributed by atoms with E-state index >= 15 is 0 Å². The van der Waals surface area contributed by atoms with E-state index < -0.39 is 5.97 Å². The Labute approximate surface area is 112 Å². The molecular weight excluding hydrogens is 250 g/mol. The maximum Gasteiger partial charge on any atom is 0.308 e. The Balaban J connectivity index is 1.82. The van der Waals surface area contributed by atoms with Crippen molar-refractivity contribution >= 4 is 23.6 Å². The molecule has 2 saturated heterocycles. The Morgan fingerprint density at radius 1 is 1.22 bits per heavy atom. The van der Waals surface area contributed by atoms with E-state index in [0.717, 1.165) is 25.1 Å². The van der Waals surface area contributed by atoms with E-state index in [0.29, 0.717) is 24.6 Å². The molecule has 0 aliphatic carbocycles. The van der Waals surface area contributed by atoms with Crippen LogP contribution in [0.3, 0.4) is 0 Å². The van der Waals surface area contributed by atoms with Crippen molar-refractivity contribution < 1.29 is 14.7 Å². The molecule has 0 aromatic rings. The lowest BCUT2D eigenvalue weighted by Gasteiger charge is -2.32. The lowest BCUT2D eigenvalue weighted by Crippen LogP contribution is -2.43. The van der Waals surface area contributed by atoms with E-state index in [1.54, 1.807) is 4.90 Å². The van der Waals surface area contributed by atoms with Crippen LogP contribution in [0.2, 0.25) is 0 Å². The van der Waals surface area contributed by atoms with Crippen molar-refractivity contribution in [3.63, 3.8) is 0 Å². The second-order valence-electron chi connectivity index (χ2n) is 5.21. The van der Waals surface area contributed by atoms with Crippen LogP contribution in [0.5, 0.6) is 0 Å². The Bertz CT molecular complexity index is 315. The number of hydrogen-bond acceptors (Lipinski definition) is 3. The van der Waals surface area contributed by atoms with Crippen molar-refractivity contribution in [3.05, 3.63) is 0 Å². The minimum absolute atomic E-state index is 0.153. The fraction of sp³-hybridized carbons (Fsp3) is 0.846. The zero-order valence-corrected chi connectivity index (χ0v) is 11.5. The first kappa shape index (κ1) is 13.7. The van der Waals surface area contributed by atoms with Crippen molar-refractivity contribution in [1.29, 1.82) is 0 Å². The molecule has 4 nitrogen and oxygen atoms in total. The number of hydrogen-bond donors (Lipinski definition) is 1. The van der Waals surface area contributed by atoms with Gasteiger partial charge in [0, 0.05) is 24.8 Å². The molecule has 0 aromatic carbocycles.